The molecule has 0 amide bonds. The van der Waals surface area contributed by atoms with Crippen LogP contribution in [0.4, 0.5) is 10.2 Å². The molecule has 2 aromatic rings. The highest BCUT2D eigenvalue weighted by molar-refractivity contribution is 9.10. The van der Waals surface area contributed by atoms with Crippen molar-refractivity contribution in [1.82, 2.24) is 9.97 Å². The summed E-state index contributed by atoms with van der Waals surface area (Å²) < 4.78 is 13.7. The van der Waals surface area contributed by atoms with E-state index in [2.05, 4.69) is 31.3 Å². The normalized spacial score (nSPS) is 13.4. The van der Waals surface area contributed by atoms with Crippen LogP contribution >= 0.6 is 27.7 Å². The standard InChI is InChI=1S/C12H10BrFN4S/c13-8-3-6(1-2-9(8)14)11-16-10-5-19-4-7(10)12(17-11)18-15/h1-3H,4-5,15H2,(H,16,17,18). The summed E-state index contributed by atoms with van der Waals surface area (Å²) in [7, 11) is 0. The Morgan fingerprint density at radius 3 is 2.89 bits per heavy atom. The number of nitrogens with zero attached hydrogens (tertiary/aromatic N) is 2. The van der Waals surface area contributed by atoms with Gasteiger partial charge in [-0.2, -0.15) is 11.8 Å². The average Bonchev–Trinajstić information content (AvgIpc) is 2.89. The number of anilines is 1. The first-order valence-electron chi connectivity index (χ1n) is 5.58. The molecular weight excluding hydrogens is 331 g/mol. The Hall–Kier alpha value is -1.18. The Morgan fingerprint density at radius 2 is 2.16 bits per heavy atom. The number of nitrogen functional groups attached to an aromatic ring is 1. The van der Waals surface area contributed by atoms with E-state index in [0.29, 0.717) is 16.1 Å². The number of hydrogen-bond acceptors (Lipinski definition) is 5. The summed E-state index contributed by atoms with van der Waals surface area (Å²) >= 11 is 4.94. The van der Waals surface area contributed by atoms with Gasteiger partial charge in [0.05, 0.1) is 10.2 Å². The van der Waals surface area contributed by atoms with Gasteiger partial charge >= 0.3 is 0 Å². The van der Waals surface area contributed by atoms with Crippen LogP contribution in [0.5, 0.6) is 0 Å². The highest BCUT2D eigenvalue weighted by atomic mass is 79.9. The van der Waals surface area contributed by atoms with Gasteiger partial charge in [-0.1, -0.05) is 0 Å². The lowest BCUT2D eigenvalue weighted by Crippen LogP contribution is -2.12. The maximum Gasteiger partial charge on any atom is 0.161 e. The topological polar surface area (TPSA) is 63.8 Å². The molecule has 0 spiro atoms. The van der Waals surface area contributed by atoms with Crippen molar-refractivity contribution in [2.75, 3.05) is 5.43 Å². The Balaban J connectivity index is 2.12. The van der Waals surface area contributed by atoms with E-state index in [1.165, 1.54) is 6.07 Å². The van der Waals surface area contributed by atoms with Crippen LogP contribution in [0.3, 0.4) is 0 Å². The first-order valence-corrected chi connectivity index (χ1v) is 7.53. The van der Waals surface area contributed by atoms with E-state index in [4.69, 9.17) is 5.84 Å². The Morgan fingerprint density at radius 1 is 1.32 bits per heavy atom. The minimum atomic E-state index is -0.308. The first-order chi connectivity index (χ1) is 9.19. The number of aromatic nitrogens is 2. The van der Waals surface area contributed by atoms with Crippen molar-refractivity contribution in [2.24, 2.45) is 5.84 Å². The highest BCUT2D eigenvalue weighted by Gasteiger charge is 2.20. The maximum absolute atomic E-state index is 13.3. The van der Waals surface area contributed by atoms with Crippen molar-refractivity contribution in [3.8, 4) is 11.4 Å². The number of nitrogens with two attached hydrogens (primary N) is 1. The summed E-state index contributed by atoms with van der Waals surface area (Å²) in [6, 6.07) is 4.71. The predicted octanol–water partition coefficient (Wildman–Crippen LogP) is 3.08. The molecule has 19 heavy (non-hydrogen) atoms. The number of halogens is 2. The monoisotopic (exact) mass is 340 g/mol. The van der Waals surface area contributed by atoms with Gasteiger partial charge in [0.15, 0.2) is 5.82 Å². The molecule has 0 saturated heterocycles. The highest BCUT2D eigenvalue weighted by Crippen LogP contribution is 2.34. The molecule has 1 aromatic heterocycles. The largest absolute Gasteiger partial charge is 0.308 e. The van der Waals surface area contributed by atoms with Crippen LogP contribution in [-0.4, -0.2) is 9.97 Å². The molecule has 1 aliphatic rings. The summed E-state index contributed by atoms with van der Waals surface area (Å²) in [5.74, 6) is 8.10. The predicted molar refractivity (Wildman–Crippen MR) is 77.9 cm³/mol. The summed E-state index contributed by atoms with van der Waals surface area (Å²) in [5, 5.41) is 0. The van der Waals surface area contributed by atoms with Crippen LogP contribution in [0.25, 0.3) is 11.4 Å². The first kappa shape index (κ1) is 12.8. The lowest BCUT2D eigenvalue weighted by atomic mass is 10.2. The number of hydrazine groups is 1. The lowest BCUT2D eigenvalue weighted by molar-refractivity contribution is 0.621. The van der Waals surface area contributed by atoms with Gasteiger partial charge in [0, 0.05) is 22.6 Å². The van der Waals surface area contributed by atoms with E-state index < -0.39 is 0 Å². The Bertz CT molecular complexity index is 650. The molecule has 98 valence electrons. The molecule has 1 aromatic carbocycles. The third-order valence-electron chi connectivity index (χ3n) is 2.89. The number of fused-ring (bicyclic) bond motifs is 1. The van der Waals surface area contributed by atoms with E-state index >= 15 is 0 Å². The second-order valence-electron chi connectivity index (χ2n) is 4.09. The fourth-order valence-electron chi connectivity index (χ4n) is 1.93. The Kier molecular flexibility index (Phi) is 3.42. The molecule has 1 aliphatic heterocycles. The molecule has 0 saturated carbocycles. The fourth-order valence-corrected chi connectivity index (χ4v) is 3.36. The Labute approximate surface area is 122 Å². The number of benzene rings is 1. The zero-order valence-electron chi connectivity index (χ0n) is 9.78. The lowest BCUT2D eigenvalue weighted by Gasteiger charge is -2.09. The molecule has 0 radical (unpaired) electrons. The van der Waals surface area contributed by atoms with Crippen molar-refractivity contribution in [2.45, 2.75) is 11.5 Å². The smallest absolute Gasteiger partial charge is 0.161 e. The number of hydrogen-bond donors (Lipinski definition) is 2. The molecule has 0 bridgehead atoms. The fraction of sp³-hybridized carbons (Fsp3) is 0.167. The molecule has 2 heterocycles. The molecule has 0 fully saturated rings. The number of thioether (sulfide) groups is 1. The molecule has 3 rings (SSSR count). The van der Waals surface area contributed by atoms with Crippen LogP contribution in [0, 0.1) is 5.82 Å². The summed E-state index contributed by atoms with van der Waals surface area (Å²) in [6.07, 6.45) is 0. The van der Waals surface area contributed by atoms with Crippen molar-refractivity contribution >= 4 is 33.5 Å². The quantitative estimate of drug-likeness (QED) is 0.649. The van der Waals surface area contributed by atoms with E-state index in [1.807, 2.05) is 0 Å². The average molecular weight is 341 g/mol. The van der Waals surface area contributed by atoms with Crippen LogP contribution in [0.2, 0.25) is 0 Å². The zero-order valence-corrected chi connectivity index (χ0v) is 12.2. The number of rotatable bonds is 2. The SMILES string of the molecule is NNc1nc(-c2ccc(F)c(Br)c2)nc2c1CSC2. The van der Waals surface area contributed by atoms with E-state index in [0.717, 1.165) is 28.3 Å². The van der Waals surface area contributed by atoms with Gasteiger partial charge < -0.3 is 5.43 Å². The molecule has 3 N–H and O–H groups in total. The van der Waals surface area contributed by atoms with Gasteiger partial charge in [-0.3, -0.25) is 0 Å². The van der Waals surface area contributed by atoms with Crippen molar-refractivity contribution in [3.05, 3.63) is 39.7 Å². The maximum atomic E-state index is 13.3. The van der Waals surface area contributed by atoms with Gasteiger partial charge in [-0.05, 0) is 34.1 Å². The van der Waals surface area contributed by atoms with Crippen molar-refractivity contribution < 1.29 is 4.39 Å². The van der Waals surface area contributed by atoms with Crippen LogP contribution in [0.1, 0.15) is 11.3 Å². The second kappa shape index (κ2) is 5.07. The second-order valence-corrected chi connectivity index (χ2v) is 5.93. The van der Waals surface area contributed by atoms with Crippen LogP contribution < -0.4 is 11.3 Å². The third kappa shape index (κ3) is 2.33. The van der Waals surface area contributed by atoms with E-state index in [1.54, 1.807) is 23.9 Å². The number of nitrogens with one attached hydrogen (secondary N) is 1. The third-order valence-corrected chi connectivity index (χ3v) is 4.47. The van der Waals surface area contributed by atoms with Gasteiger partial charge in [0.1, 0.15) is 11.6 Å². The molecule has 0 unspecified atom stereocenters. The molecule has 4 nitrogen and oxygen atoms in total. The van der Waals surface area contributed by atoms with Gasteiger partial charge in [0.2, 0.25) is 0 Å². The molecular formula is C12H10BrFN4S. The van der Waals surface area contributed by atoms with Crippen LogP contribution in [0.15, 0.2) is 22.7 Å². The van der Waals surface area contributed by atoms with E-state index in [-0.39, 0.29) is 5.82 Å². The van der Waals surface area contributed by atoms with Crippen LogP contribution in [-0.2, 0) is 11.5 Å². The molecule has 7 heteroatoms. The zero-order chi connectivity index (χ0) is 13.4. The van der Waals surface area contributed by atoms with E-state index in [9.17, 15) is 4.39 Å². The molecule has 0 aliphatic carbocycles. The van der Waals surface area contributed by atoms with Crippen molar-refractivity contribution in [1.29, 1.82) is 0 Å². The summed E-state index contributed by atoms with van der Waals surface area (Å²) in [6.45, 7) is 0. The summed E-state index contributed by atoms with van der Waals surface area (Å²) in [4.78, 5) is 8.93. The van der Waals surface area contributed by atoms with Gasteiger partial charge in [0.25, 0.3) is 0 Å². The summed E-state index contributed by atoms with van der Waals surface area (Å²) in [5.41, 5.74) is 5.41. The van der Waals surface area contributed by atoms with Gasteiger partial charge in [-0.25, -0.2) is 20.2 Å². The van der Waals surface area contributed by atoms with Crippen molar-refractivity contribution in [3.63, 3.8) is 0 Å². The minimum Gasteiger partial charge on any atom is -0.308 e. The minimum absolute atomic E-state index is 0.308. The molecule has 0 atom stereocenters. The van der Waals surface area contributed by atoms with Gasteiger partial charge in [-0.15, -0.1) is 0 Å².